The van der Waals surface area contributed by atoms with Gasteiger partial charge in [-0.2, -0.15) is 0 Å². The number of ketones is 1. The average molecular weight is 367 g/mol. The van der Waals surface area contributed by atoms with Crippen LogP contribution in [0, 0.1) is 0 Å². The quantitative estimate of drug-likeness (QED) is 0.765. The van der Waals surface area contributed by atoms with E-state index < -0.39 is 0 Å². The van der Waals surface area contributed by atoms with Crippen LogP contribution in [0.25, 0.3) is 6.08 Å². The lowest BCUT2D eigenvalue weighted by Gasteiger charge is -2.10. The Hall–Kier alpha value is -1.79. The standard InChI is InChI=1S/C15H11BrO4S/c1-18-9-7-10(19-2)13(16)15-12(9)14(17)11(20-15)6-8-4-3-5-21-8/h3-7H,1-2H3. The van der Waals surface area contributed by atoms with Gasteiger partial charge in [-0.05, 0) is 27.4 Å². The first-order valence-corrected chi connectivity index (χ1v) is 7.75. The summed E-state index contributed by atoms with van der Waals surface area (Å²) >= 11 is 4.94. The Balaban J connectivity index is 2.13. The summed E-state index contributed by atoms with van der Waals surface area (Å²) in [7, 11) is 3.06. The third kappa shape index (κ3) is 2.34. The molecule has 0 fully saturated rings. The van der Waals surface area contributed by atoms with Gasteiger partial charge in [-0.1, -0.05) is 6.07 Å². The van der Waals surface area contributed by atoms with Crippen LogP contribution < -0.4 is 14.2 Å². The van der Waals surface area contributed by atoms with Gasteiger partial charge < -0.3 is 14.2 Å². The van der Waals surface area contributed by atoms with Crippen molar-refractivity contribution in [3.63, 3.8) is 0 Å². The van der Waals surface area contributed by atoms with Crippen LogP contribution in [0.2, 0.25) is 0 Å². The zero-order chi connectivity index (χ0) is 15.0. The van der Waals surface area contributed by atoms with Gasteiger partial charge in [-0.25, -0.2) is 0 Å². The molecule has 0 amide bonds. The maximum absolute atomic E-state index is 12.5. The highest BCUT2D eigenvalue weighted by molar-refractivity contribution is 9.10. The number of carbonyl (C=O) groups excluding carboxylic acids is 1. The van der Waals surface area contributed by atoms with E-state index in [0.29, 0.717) is 27.3 Å². The molecule has 1 aromatic carbocycles. The molecule has 0 aliphatic carbocycles. The van der Waals surface area contributed by atoms with E-state index in [4.69, 9.17) is 14.2 Å². The summed E-state index contributed by atoms with van der Waals surface area (Å²) in [6, 6.07) is 5.51. The lowest BCUT2D eigenvalue weighted by atomic mass is 10.1. The molecular formula is C15H11BrO4S. The summed E-state index contributed by atoms with van der Waals surface area (Å²) < 4.78 is 16.9. The van der Waals surface area contributed by atoms with Crippen molar-refractivity contribution in [3.8, 4) is 17.2 Å². The first-order valence-electron chi connectivity index (χ1n) is 6.08. The zero-order valence-electron chi connectivity index (χ0n) is 11.3. The molecule has 4 nitrogen and oxygen atoms in total. The molecule has 2 heterocycles. The highest BCUT2D eigenvalue weighted by atomic mass is 79.9. The molecular weight excluding hydrogens is 356 g/mol. The summed E-state index contributed by atoms with van der Waals surface area (Å²) in [4.78, 5) is 13.5. The van der Waals surface area contributed by atoms with E-state index >= 15 is 0 Å². The van der Waals surface area contributed by atoms with Crippen LogP contribution in [0.15, 0.2) is 33.8 Å². The van der Waals surface area contributed by atoms with Crippen molar-refractivity contribution in [1.29, 1.82) is 0 Å². The number of hydrogen-bond acceptors (Lipinski definition) is 5. The molecule has 3 rings (SSSR count). The van der Waals surface area contributed by atoms with Crippen molar-refractivity contribution < 1.29 is 19.0 Å². The minimum absolute atomic E-state index is 0.196. The second-order valence-corrected chi connectivity index (χ2v) is 6.03. The molecule has 0 saturated carbocycles. The second kappa shape index (κ2) is 5.54. The van der Waals surface area contributed by atoms with Gasteiger partial charge in [-0.3, -0.25) is 4.79 Å². The number of ether oxygens (including phenoxy) is 3. The molecule has 0 bridgehead atoms. The zero-order valence-corrected chi connectivity index (χ0v) is 13.7. The number of allylic oxidation sites excluding steroid dienone is 1. The largest absolute Gasteiger partial charge is 0.496 e. The van der Waals surface area contributed by atoms with Crippen molar-refractivity contribution in [1.82, 2.24) is 0 Å². The number of halogens is 1. The van der Waals surface area contributed by atoms with E-state index in [-0.39, 0.29) is 11.5 Å². The molecule has 1 aliphatic heterocycles. The molecule has 0 spiro atoms. The Morgan fingerprint density at radius 3 is 2.67 bits per heavy atom. The van der Waals surface area contributed by atoms with Gasteiger partial charge in [0.1, 0.15) is 21.5 Å². The fourth-order valence-electron chi connectivity index (χ4n) is 2.09. The van der Waals surface area contributed by atoms with Crippen molar-refractivity contribution in [2.45, 2.75) is 0 Å². The van der Waals surface area contributed by atoms with Crippen LogP contribution in [0.4, 0.5) is 0 Å². The maximum Gasteiger partial charge on any atom is 0.235 e. The van der Waals surface area contributed by atoms with Gasteiger partial charge in [-0.15, -0.1) is 11.3 Å². The number of methoxy groups -OCH3 is 2. The van der Waals surface area contributed by atoms with Crippen LogP contribution in [0.3, 0.4) is 0 Å². The maximum atomic E-state index is 12.5. The van der Waals surface area contributed by atoms with Gasteiger partial charge in [0.25, 0.3) is 0 Å². The van der Waals surface area contributed by atoms with Crippen LogP contribution in [0.1, 0.15) is 15.2 Å². The number of thiophene rings is 1. The normalized spacial score (nSPS) is 15.0. The average Bonchev–Trinajstić information content (AvgIpc) is 3.10. The number of hydrogen-bond donors (Lipinski definition) is 0. The molecule has 1 aliphatic rings. The van der Waals surface area contributed by atoms with Crippen molar-refractivity contribution in [2.75, 3.05) is 14.2 Å². The molecule has 0 saturated heterocycles. The van der Waals surface area contributed by atoms with Crippen molar-refractivity contribution >= 4 is 39.1 Å². The van der Waals surface area contributed by atoms with Crippen LogP contribution in [-0.2, 0) is 0 Å². The highest BCUT2D eigenvalue weighted by Crippen LogP contribution is 2.48. The number of Topliss-reactive ketones (excluding diaryl/α,β-unsaturated/α-hetero) is 1. The smallest absolute Gasteiger partial charge is 0.235 e. The molecule has 6 heteroatoms. The Kier molecular flexibility index (Phi) is 3.73. The molecule has 0 atom stereocenters. The van der Waals surface area contributed by atoms with Crippen molar-refractivity contribution in [3.05, 3.63) is 44.3 Å². The van der Waals surface area contributed by atoms with Crippen LogP contribution >= 0.6 is 27.3 Å². The third-order valence-electron chi connectivity index (χ3n) is 3.07. The first-order chi connectivity index (χ1) is 10.2. The molecule has 0 N–H and O–H groups in total. The summed E-state index contributed by atoms with van der Waals surface area (Å²) in [5, 5.41) is 1.94. The fourth-order valence-corrected chi connectivity index (χ4v) is 3.29. The van der Waals surface area contributed by atoms with E-state index in [1.807, 2.05) is 17.5 Å². The topological polar surface area (TPSA) is 44.8 Å². The molecule has 1 aromatic heterocycles. The molecule has 21 heavy (non-hydrogen) atoms. The molecule has 0 radical (unpaired) electrons. The summed E-state index contributed by atoms with van der Waals surface area (Å²) in [6.07, 6.45) is 1.73. The van der Waals surface area contributed by atoms with Crippen LogP contribution in [-0.4, -0.2) is 20.0 Å². The lowest BCUT2D eigenvalue weighted by molar-refractivity contribution is 0.101. The minimum Gasteiger partial charge on any atom is -0.496 e. The summed E-state index contributed by atoms with van der Waals surface area (Å²) in [5.41, 5.74) is 0.410. The van der Waals surface area contributed by atoms with E-state index in [1.165, 1.54) is 18.4 Å². The van der Waals surface area contributed by atoms with E-state index in [9.17, 15) is 4.79 Å². The van der Waals surface area contributed by atoms with Gasteiger partial charge in [0, 0.05) is 17.0 Å². The predicted molar refractivity (Wildman–Crippen MR) is 84.5 cm³/mol. The monoisotopic (exact) mass is 366 g/mol. The van der Waals surface area contributed by atoms with E-state index in [2.05, 4.69) is 15.9 Å². The Morgan fingerprint density at radius 1 is 1.29 bits per heavy atom. The van der Waals surface area contributed by atoms with Gasteiger partial charge in [0.05, 0.1) is 14.2 Å². The highest BCUT2D eigenvalue weighted by Gasteiger charge is 2.34. The van der Waals surface area contributed by atoms with Crippen LogP contribution in [0.5, 0.6) is 17.2 Å². The Labute approximate surface area is 134 Å². The number of benzene rings is 1. The minimum atomic E-state index is -0.196. The van der Waals surface area contributed by atoms with E-state index in [0.717, 1.165) is 4.88 Å². The summed E-state index contributed by atoms with van der Waals surface area (Å²) in [5.74, 6) is 1.50. The Morgan fingerprint density at radius 2 is 2.05 bits per heavy atom. The van der Waals surface area contributed by atoms with Gasteiger partial charge in [0.15, 0.2) is 11.5 Å². The number of fused-ring (bicyclic) bond motifs is 1. The lowest BCUT2D eigenvalue weighted by Crippen LogP contribution is -2.00. The Bertz CT molecular complexity index is 735. The van der Waals surface area contributed by atoms with Gasteiger partial charge in [0.2, 0.25) is 5.78 Å². The predicted octanol–water partition coefficient (Wildman–Crippen LogP) is 4.14. The second-order valence-electron chi connectivity index (χ2n) is 4.25. The third-order valence-corrected chi connectivity index (χ3v) is 4.64. The molecule has 2 aromatic rings. The first kappa shape index (κ1) is 14.2. The van der Waals surface area contributed by atoms with Gasteiger partial charge >= 0.3 is 0 Å². The fraction of sp³-hybridized carbons (Fsp3) is 0.133. The molecule has 108 valence electrons. The molecule has 0 unspecified atom stereocenters. The van der Waals surface area contributed by atoms with E-state index in [1.54, 1.807) is 19.3 Å². The number of carbonyl (C=O) groups is 1. The SMILES string of the molecule is COc1cc(OC)c2c(c1Br)OC(=Cc1cccs1)C2=O. The summed E-state index contributed by atoms with van der Waals surface area (Å²) in [6.45, 7) is 0. The van der Waals surface area contributed by atoms with Crippen molar-refractivity contribution in [2.24, 2.45) is 0 Å². The number of rotatable bonds is 3.